The first-order valence-electron chi connectivity index (χ1n) is 4.84. The maximum atomic E-state index is 5.52. The molecule has 72 valence electrons. The number of nitrogens with two attached hydrogens (primary N) is 1. The second-order valence-electron chi connectivity index (χ2n) is 3.53. The second kappa shape index (κ2) is 3.89. The van der Waals surface area contributed by atoms with Gasteiger partial charge in [0.15, 0.2) is 0 Å². The zero-order valence-corrected chi connectivity index (χ0v) is 7.74. The fraction of sp³-hybridized carbons (Fsp3) is 0.667. The Kier molecular flexibility index (Phi) is 2.61. The minimum atomic E-state index is 0.522. The summed E-state index contributed by atoms with van der Waals surface area (Å²) in [6.45, 7) is 2.76. The molecule has 3 N–H and O–H groups in total. The van der Waals surface area contributed by atoms with Gasteiger partial charge in [-0.05, 0) is 19.4 Å². The van der Waals surface area contributed by atoms with E-state index in [0.717, 1.165) is 18.7 Å². The third-order valence-electron chi connectivity index (χ3n) is 2.54. The minimum Gasteiger partial charge on any atom is -0.326 e. The monoisotopic (exact) mass is 180 g/mol. The first kappa shape index (κ1) is 8.72. The van der Waals surface area contributed by atoms with Gasteiger partial charge in [0, 0.05) is 24.8 Å². The van der Waals surface area contributed by atoms with Crippen molar-refractivity contribution < 1.29 is 0 Å². The summed E-state index contributed by atoms with van der Waals surface area (Å²) in [7, 11) is 0. The highest BCUT2D eigenvalue weighted by Gasteiger charge is 2.14. The highest BCUT2D eigenvalue weighted by atomic mass is 15.3. The zero-order chi connectivity index (χ0) is 9.10. The Morgan fingerprint density at radius 2 is 2.62 bits per heavy atom. The van der Waals surface area contributed by atoms with Gasteiger partial charge in [-0.2, -0.15) is 5.10 Å². The van der Waals surface area contributed by atoms with Crippen LogP contribution in [0.5, 0.6) is 0 Å². The Morgan fingerprint density at radius 1 is 1.69 bits per heavy atom. The van der Waals surface area contributed by atoms with Crippen LogP contribution in [0.3, 0.4) is 0 Å². The molecule has 0 spiro atoms. The van der Waals surface area contributed by atoms with Crippen molar-refractivity contribution in [2.75, 3.05) is 13.1 Å². The van der Waals surface area contributed by atoms with Gasteiger partial charge < -0.3 is 11.1 Å². The predicted octanol–water partition coefficient (Wildman–Crippen LogP) is 0.266. The summed E-state index contributed by atoms with van der Waals surface area (Å²) in [5, 5.41) is 7.68. The maximum absolute atomic E-state index is 5.52. The molecule has 1 unspecified atom stereocenters. The lowest BCUT2D eigenvalue weighted by Gasteiger charge is -2.22. The molecular formula is C9H16N4. The van der Waals surface area contributed by atoms with Crippen molar-refractivity contribution in [3.05, 3.63) is 18.0 Å². The summed E-state index contributed by atoms with van der Waals surface area (Å²) in [4.78, 5) is 0. The van der Waals surface area contributed by atoms with Crippen LogP contribution in [0.4, 0.5) is 0 Å². The SMILES string of the molecule is NCc1cnn(C2CCCNC2)c1. The summed E-state index contributed by atoms with van der Waals surface area (Å²) in [6, 6.07) is 0.522. The van der Waals surface area contributed by atoms with E-state index < -0.39 is 0 Å². The molecule has 0 saturated carbocycles. The van der Waals surface area contributed by atoms with Crippen LogP contribution in [0, 0.1) is 0 Å². The molecule has 4 heteroatoms. The van der Waals surface area contributed by atoms with E-state index in [1.165, 1.54) is 12.8 Å². The van der Waals surface area contributed by atoms with E-state index in [2.05, 4.69) is 16.6 Å². The first-order chi connectivity index (χ1) is 6.40. The molecule has 0 aliphatic carbocycles. The summed E-state index contributed by atoms with van der Waals surface area (Å²) >= 11 is 0. The van der Waals surface area contributed by atoms with Crippen molar-refractivity contribution in [1.29, 1.82) is 0 Å². The Hall–Kier alpha value is -0.870. The lowest BCUT2D eigenvalue weighted by Crippen LogP contribution is -2.31. The van der Waals surface area contributed by atoms with Gasteiger partial charge in [0.1, 0.15) is 0 Å². The highest BCUT2D eigenvalue weighted by Crippen LogP contribution is 2.15. The fourth-order valence-corrected chi connectivity index (χ4v) is 1.74. The summed E-state index contributed by atoms with van der Waals surface area (Å²) in [5.41, 5.74) is 6.64. The normalized spacial score (nSPS) is 23.3. The molecule has 13 heavy (non-hydrogen) atoms. The predicted molar refractivity (Wildman–Crippen MR) is 51.3 cm³/mol. The largest absolute Gasteiger partial charge is 0.326 e. The Balaban J connectivity index is 2.05. The van der Waals surface area contributed by atoms with E-state index in [1.807, 2.05) is 10.9 Å². The van der Waals surface area contributed by atoms with Crippen LogP contribution in [-0.4, -0.2) is 22.9 Å². The number of hydrogen-bond acceptors (Lipinski definition) is 3. The van der Waals surface area contributed by atoms with Crippen molar-refractivity contribution in [3.8, 4) is 0 Å². The van der Waals surface area contributed by atoms with Crippen LogP contribution < -0.4 is 11.1 Å². The molecule has 0 amide bonds. The van der Waals surface area contributed by atoms with E-state index in [-0.39, 0.29) is 0 Å². The van der Waals surface area contributed by atoms with Gasteiger partial charge in [0.05, 0.1) is 12.2 Å². The van der Waals surface area contributed by atoms with Gasteiger partial charge in [-0.15, -0.1) is 0 Å². The molecule has 1 aliphatic heterocycles. The number of piperidine rings is 1. The molecule has 1 saturated heterocycles. The molecule has 1 aromatic heterocycles. The lowest BCUT2D eigenvalue weighted by molar-refractivity contribution is 0.346. The molecule has 0 aromatic carbocycles. The van der Waals surface area contributed by atoms with Gasteiger partial charge >= 0.3 is 0 Å². The molecule has 2 heterocycles. The average Bonchev–Trinajstić information content (AvgIpc) is 2.67. The Morgan fingerprint density at radius 3 is 3.23 bits per heavy atom. The van der Waals surface area contributed by atoms with Crippen molar-refractivity contribution in [3.63, 3.8) is 0 Å². The van der Waals surface area contributed by atoms with Gasteiger partial charge in [-0.3, -0.25) is 4.68 Å². The van der Waals surface area contributed by atoms with Crippen molar-refractivity contribution in [1.82, 2.24) is 15.1 Å². The second-order valence-corrected chi connectivity index (χ2v) is 3.53. The lowest BCUT2D eigenvalue weighted by atomic mass is 10.1. The van der Waals surface area contributed by atoms with Crippen LogP contribution in [0.2, 0.25) is 0 Å². The van der Waals surface area contributed by atoms with E-state index >= 15 is 0 Å². The molecule has 4 nitrogen and oxygen atoms in total. The number of nitrogens with one attached hydrogen (secondary N) is 1. The Labute approximate surface area is 78.1 Å². The topological polar surface area (TPSA) is 55.9 Å². The third kappa shape index (κ3) is 1.89. The standard InChI is InChI=1S/C9H16N4/c10-4-8-5-12-13(7-8)9-2-1-3-11-6-9/h5,7,9,11H,1-4,6,10H2. The van der Waals surface area contributed by atoms with Gasteiger partial charge in [-0.25, -0.2) is 0 Å². The maximum Gasteiger partial charge on any atom is 0.0644 e. The van der Waals surface area contributed by atoms with E-state index in [0.29, 0.717) is 12.6 Å². The quantitative estimate of drug-likeness (QED) is 0.686. The van der Waals surface area contributed by atoms with Gasteiger partial charge in [-0.1, -0.05) is 0 Å². The van der Waals surface area contributed by atoms with Crippen molar-refractivity contribution in [2.24, 2.45) is 5.73 Å². The molecular weight excluding hydrogens is 164 g/mol. The average molecular weight is 180 g/mol. The van der Waals surface area contributed by atoms with Crippen molar-refractivity contribution >= 4 is 0 Å². The fourth-order valence-electron chi connectivity index (χ4n) is 1.74. The zero-order valence-electron chi connectivity index (χ0n) is 7.74. The molecule has 1 fully saturated rings. The molecule has 1 aromatic rings. The van der Waals surface area contributed by atoms with Crippen molar-refractivity contribution in [2.45, 2.75) is 25.4 Å². The molecule has 0 bridgehead atoms. The van der Waals surface area contributed by atoms with Crippen LogP contribution in [0.15, 0.2) is 12.4 Å². The number of nitrogens with zero attached hydrogens (tertiary/aromatic N) is 2. The Bertz CT molecular complexity index is 262. The summed E-state index contributed by atoms with van der Waals surface area (Å²) in [6.07, 6.45) is 6.37. The van der Waals surface area contributed by atoms with Crippen LogP contribution in [0.1, 0.15) is 24.4 Å². The van der Waals surface area contributed by atoms with E-state index in [9.17, 15) is 0 Å². The van der Waals surface area contributed by atoms with Crippen LogP contribution >= 0.6 is 0 Å². The highest BCUT2D eigenvalue weighted by molar-refractivity contribution is 5.03. The third-order valence-corrected chi connectivity index (χ3v) is 2.54. The van der Waals surface area contributed by atoms with E-state index in [4.69, 9.17) is 5.73 Å². The van der Waals surface area contributed by atoms with Crippen LogP contribution in [-0.2, 0) is 6.54 Å². The summed E-state index contributed by atoms with van der Waals surface area (Å²) in [5.74, 6) is 0. The number of hydrogen-bond donors (Lipinski definition) is 2. The minimum absolute atomic E-state index is 0.522. The molecule has 1 atom stereocenters. The smallest absolute Gasteiger partial charge is 0.0644 e. The number of aromatic nitrogens is 2. The van der Waals surface area contributed by atoms with Gasteiger partial charge in [0.2, 0.25) is 0 Å². The first-order valence-corrected chi connectivity index (χ1v) is 4.84. The van der Waals surface area contributed by atoms with Crippen LogP contribution in [0.25, 0.3) is 0 Å². The van der Waals surface area contributed by atoms with E-state index in [1.54, 1.807) is 0 Å². The molecule has 1 aliphatic rings. The number of rotatable bonds is 2. The van der Waals surface area contributed by atoms with Gasteiger partial charge in [0.25, 0.3) is 0 Å². The summed E-state index contributed by atoms with van der Waals surface area (Å²) < 4.78 is 2.04. The molecule has 2 rings (SSSR count). The molecule has 0 radical (unpaired) electrons.